The van der Waals surface area contributed by atoms with Crippen molar-refractivity contribution in [2.45, 2.75) is 394 Å². The Labute approximate surface area is 828 Å². The number of aliphatic hydroxyl groups is 9. The molecule has 0 bridgehead atoms. The van der Waals surface area contributed by atoms with Crippen molar-refractivity contribution >= 4 is 92.4 Å². The van der Waals surface area contributed by atoms with E-state index in [9.17, 15) is 103 Å². The maximum atomic E-state index is 14.3. The molecule has 4 aliphatic heterocycles. The number of carbonyl (C=O) groups is 12. The highest BCUT2D eigenvalue weighted by molar-refractivity contribution is 8.77. The van der Waals surface area contributed by atoms with Crippen LogP contribution < -0.4 is 31.9 Å². The Morgan fingerprint density at radius 3 is 1.22 bits per heavy atom. The molecule has 4 heterocycles. The summed E-state index contributed by atoms with van der Waals surface area (Å²) in [5, 5.41) is 107. The average Bonchev–Trinajstić information content (AvgIpc) is 1.16. The first-order valence-corrected chi connectivity index (χ1v) is 52.6. The zero-order valence-electron chi connectivity index (χ0n) is 83.3. The van der Waals surface area contributed by atoms with Crippen molar-refractivity contribution in [1.82, 2.24) is 36.8 Å². The molecule has 804 valence electrons. The van der Waals surface area contributed by atoms with E-state index >= 15 is 0 Å². The molecule has 15 N–H and O–H groups in total. The second kappa shape index (κ2) is 74.0. The summed E-state index contributed by atoms with van der Waals surface area (Å²) in [4.78, 5) is 155. The molecule has 4 saturated heterocycles. The van der Waals surface area contributed by atoms with Crippen LogP contribution in [-0.4, -0.2) is 369 Å². The number of amides is 7. The van der Waals surface area contributed by atoms with Gasteiger partial charge in [0.25, 0.3) is 0 Å². The molecule has 7 amide bonds. The number of nitrogens with zero attached hydrogens (tertiary/aromatic N) is 1. The van der Waals surface area contributed by atoms with Crippen molar-refractivity contribution in [3.63, 3.8) is 0 Å². The molecule has 4 rings (SSSR count). The highest BCUT2D eigenvalue weighted by atomic mass is 33.1. The maximum absolute atomic E-state index is 14.3. The minimum atomic E-state index is -1.46. The summed E-state index contributed by atoms with van der Waals surface area (Å²) < 4.78 is 73.7. The number of esters is 2. The summed E-state index contributed by atoms with van der Waals surface area (Å²) >= 11 is 0. The van der Waals surface area contributed by atoms with Gasteiger partial charge in [-0.3, -0.25) is 52.7 Å². The number of rotatable bonds is 81. The number of Topliss-reactive ketones (excluding diaryl/α,β-unsaturated/α-hetero) is 3. The summed E-state index contributed by atoms with van der Waals surface area (Å²) in [5.41, 5.74) is -0.717. The number of ether oxygens (including phenoxy) is 13. The Balaban J connectivity index is 1.29. The van der Waals surface area contributed by atoms with Crippen LogP contribution in [0.25, 0.3) is 0 Å². The molecule has 0 aliphatic carbocycles. The fraction of sp³-hybridized carbons (Fsp3) is 0.875. The van der Waals surface area contributed by atoms with Gasteiger partial charge in [-0.05, 0) is 141 Å². The Hall–Kier alpha value is -6.02. The van der Waals surface area contributed by atoms with Crippen LogP contribution in [0.2, 0.25) is 0 Å². The number of alkyl carbamates (subject to hydrolysis) is 1. The van der Waals surface area contributed by atoms with Crippen LogP contribution >= 0.6 is 21.6 Å². The van der Waals surface area contributed by atoms with Gasteiger partial charge in [-0.2, -0.15) is 0 Å². The van der Waals surface area contributed by atoms with Crippen LogP contribution in [0.15, 0.2) is 0 Å². The lowest BCUT2D eigenvalue weighted by Gasteiger charge is -2.42. The van der Waals surface area contributed by atoms with Gasteiger partial charge >= 0.3 is 18.0 Å². The third kappa shape index (κ3) is 54.1. The lowest BCUT2D eigenvalue weighted by atomic mass is 9.71. The standard InChI is InChI=1S/C96H169N7O34S2/c1-66(107)100-82-88(121)85(118)74(62-104)135-91(82)131-48-25-33-70(110)31-17-11-8-16-24-47-99-94(124)134-53-30-43-96(41-28-51-129-80(116)37-18-12-9-14-22-45-97-77(113)34-26-49-132-92-83(101-67(2)108)89(122)86(119)75(63-105)136-92,42-29-52-130-81(117)38-19-13-10-15-23-46-98-78(114)35-27-50-133-93-84(102-68(3)109)90(123)87(120)76(64-106)137-93)60-72(112)40-54-127-55-56-128-57-58-138-139-95(4,5)44-39-71(111)32-20-21-36-79(115)103-61-73(126-7)59-69(103)65-125-6/h69,73-76,82-93,104-106,118-123H,8-65H2,1-7H3,(H,97,113)(H,98,114)(H,99,124)(H,100,107)(H,101,108)(H,102,109)/t69-,73+,74?,75?,76?,82?,83?,84?,85?,86?,87?,88?,89?,90?,91?,92?,93?,96?/m1/s1. The quantitative estimate of drug-likeness (QED) is 0.0167. The second-order valence-electron chi connectivity index (χ2n) is 37.2. The molecule has 17 atom stereocenters. The molecule has 0 spiro atoms. The number of hydrogen-bond donors (Lipinski definition) is 15. The normalized spacial score (nSPS) is 23.6. The van der Waals surface area contributed by atoms with Gasteiger partial charge in [0.1, 0.15) is 90.4 Å². The number of ketones is 3. The van der Waals surface area contributed by atoms with Crippen LogP contribution in [-0.2, 0) is 114 Å². The van der Waals surface area contributed by atoms with Crippen molar-refractivity contribution < 1.29 is 165 Å². The topological polar surface area (TPSA) is 582 Å². The van der Waals surface area contributed by atoms with Gasteiger partial charge in [-0.25, -0.2) is 4.79 Å². The molecule has 0 aromatic rings. The van der Waals surface area contributed by atoms with E-state index in [-0.39, 0.29) is 162 Å². The number of methoxy groups -OCH3 is 2. The first-order valence-electron chi connectivity index (χ1n) is 50.3. The summed E-state index contributed by atoms with van der Waals surface area (Å²) in [6, 6.07) is -3.27. The number of unbranched alkanes of at least 4 members (excludes halogenated alkanes) is 13. The smallest absolute Gasteiger partial charge is 0.407 e. The van der Waals surface area contributed by atoms with E-state index in [1.807, 2.05) is 4.90 Å². The van der Waals surface area contributed by atoms with E-state index in [1.54, 1.807) is 35.8 Å². The lowest BCUT2D eigenvalue weighted by Crippen LogP contribution is -2.64. The molecule has 15 unspecified atom stereocenters. The predicted molar refractivity (Wildman–Crippen MR) is 513 cm³/mol. The molecule has 0 aromatic heterocycles. The van der Waals surface area contributed by atoms with Gasteiger partial charge in [0.15, 0.2) is 18.9 Å². The molecular formula is C96H169N7O34S2. The fourth-order valence-corrected chi connectivity index (χ4v) is 19.5. The minimum Gasteiger partial charge on any atom is -0.466 e. The number of nitrogens with one attached hydrogen (secondary N) is 6. The summed E-state index contributed by atoms with van der Waals surface area (Å²) in [7, 11) is 6.65. The molecule has 0 radical (unpaired) electrons. The fourth-order valence-electron chi connectivity index (χ4n) is 17.0. The van der Waals surface area contributed by atoms with Gasteiger partial charge in [-0.1, -0.05) is 79.4 Å². The molecule has 139 heavy (non-hydrogen) atoms. The third-order valence-corrected chi connectivity index (χ3v) is 28.1. The van der Waals surface area contributed by atoms with Gasteiger partial charge in [0.2, 0.25) is 35.4 Å². The van der Waals surface area contributed by atoms with Crippen LogP contribution in [0, 0.1) is 5.41 Å². The van der Waals surface area contributed by atoms with E-state index in [4.69, 9.17) is 61.6 Å². The highest BCUT2D eigenvalue weighted by Gasteiger charge is 2.49. The number of carbonyl (C=O) groups excluding carboxylic acids is 12. The van der Waals surface area contributed by atoms with Crippen molar-refractivity contribution in [1.29, 1.82) is 0 Å². The van der Waals surface area contributed by atoms with Crippen LogP contribution in [0.4, 0.5) is 4.79 Å². The lowest BCUT2D eigenvalue weighted by molar-refractivity contribution is -0.270. The van der Waals surface area contributed by atoms with E-state index in [0.29, 0.717) is 193 Å². The summed E-state index contributed by atoms with van der Waals surface area (Å²) in [5.74, 6) is -1.71. The van der Waals surface area contributed by atoms with Crippen molar-refractivity contribution in [3.8, 4) is 0 Å². The predicted octanol–water partition coefficient (Wildman–Crippen LogP) is 4.89. The largest absolute Gasteiger partial charge is 0.466 e. The van der Waals surface area contributed by atoms with Crippen molar-refractivity contribution in [2.24, 2.45) is 5.41 Å². The average molecular weight is 2030 g/mol. The van der Waals surface area contributed by atoms with Gasteiger partial charge in [0.05, 0.1) is 105 Å². The molecular weight excluding hydrogens is 1860 g/mol. The number of aliphatic hydroxyl groups excluding tert-OH is 9. The molecule has 4 aliphatic rings. The minimum absolute atomic E-state index is 0.00589. The molecule has 0 saturated carbocycles. The molecule has 4 fully saturated rings. The van der Waals surface area contributed by atoms with Gasteiger partial charge < -0.3 is 144 Å². The zero-order chi connectivity index (χ0) is 102. The van der Waals surface area contributed by atoms with Crippen LogP contribution in [0.5, 0.6) is 0 Å². The number of hydrogen-bond acceptors (Lipinski definition) is 36. The maximum Gasteiger partial charge on any atom is 0.407 e. The summed E-state index contributed by atoms with van der Waals surface area (Å²) in [6.45, 7) is 9.84. The Morgan fingerprint density at radius 1 is 0.396 bits per heavy atom. The number of likely N-dealkylation sites (tertiary alicyclic amines) is 1. The van der Waals surface area contributed by atoms with Crippen LogP contribution in [0.1, 0.15) is 285 Å². The zero-order valence-corrected chi connectivity index (χ0v) is 85.0. The first-order chi connectivity index (χ1) is 66.7. The van der Waals surface area contributed by atoms with Crippen molar-refractivity contribution in [2.75, 3.05) is 139 Å². The highest BCUT2D eigenvalue weighted by Crippen LogP contribution is 2.41. The van der Waals surface area contributed by atoms with Crippen LogP contribution in [0.3, 0.4) is 0 Å². The van der Waals surface area contributed by atoms with E-state index in [0.717, 1.165) is 64.2 Å². The first kappa shape index (κ1) is 125. The second-order valence-corrected chi connectivity index (χ2v) is 40.3. The summed E-state index contributed by atoms with van der Waals surface area (Å²) in [6.07, 6.45) is 3.48. The SMILES string of the molecule is COC[C@H]1C[C@H](OC)CN1C(=O)CCCCC(=O)CCC(C)(C)SSCCOCCOCCC(=O)CC(CCCOC(=O)CCCCCCCNC(=O)CCCOC1OC(CO)C(O)C(O)C1NC(C)=O)(CCCOC(=O)CCCCCCCNC(=O)CCCOC1OC(CO)C(O)C(O)C1NC(C)=O)CCCOC(=O)NCCCCCCCC(=O)CCCOC1OC(CO)C(O)C(O)C1NC(C)=O. The Morgan fingerprint density at radius 2 is 0.784 bits per heavy atom. The Bertz CT molecular complexity index is 3220. The molecule has 41 nitrogen and oxygen atoms in total. The van der Waals surface area contributed by atoms with E-state index in [2.05, 4.69) is 45.7 Å². The van der Waals surface area contributed by atoms with Gasteiger partial charge in [0, 0.05) is 142 Å². The van der Waals surface area contributed by atoms with Crippen molar-refractivity contribution in [3.05, 3.63) is 0 Å². The van der Waals surface area contributed by atoms with E-state index < -0.39 is 141 Å². The molecule has 43 heteroatoms. The molecule has 0 aromatic carbocycles. The van der Waals surface area contributed by atoms with E-state index in [1.165, 1.54) is 20.8 Å². The monoisotopic (exact) mass is 2030 g/mol. The van der Waals surface area contributed by atoms with Gasteiger partial charge in [-0.15, -0.1) is 0 Å². The Kier molecular flexibility index (Phi) is 66.6. The third-order valence-electron chi connectivity index (χ3n) is 24.8.